The summed E-state index contributed by atoms with van der Waals surface area (Å²) in [5.41, 5.74) is 12.9. The van der Waals surface area contributed by atoms with Gasteiger partial charge in [-0.3, -0.25) is 4.79 Å². The van der Waals surface area contributed by atoms with E-state index in [0.717, 1.165) is 38.4 Å². The molecule has 5 rings (SSSR count). The summed E-state index contributed by atoms with van der Waals surface area (Å²) in [5.74, 6) is 0.358. The molecule has 9 heteroatoms. The number of fused-ring (bicyclic) bond motifs is 1. The molecule has 3 aromatic heterocycles. The fourth-order valence-electron chi connectivity index (χ4n) is 3.59. The van der Waals surface area contributed by atoms with Crippen molar-refractivity contribution in [3.05, 3.63) is 87.6 Å². The average molecular weight is 519 g/mol. The third-order valence-corrected chi connectivity index (χ3v) is 7.58. The Bertz CT molecular complexity index is 1530. The number of aromatic nitrogens is 1. The van der Waals surface area contributed by atoms with Gasteiger partial charge in [-0.1, -0.05) is 29.8 Å². The Morgan fingerprint density at radius 3 is 2.60 bits per heavy atom. The smallest absolute Gasteiger partial charge is 0.283 e. The van der Waals surface area contributed by atoms with Gasteiger partial charge in [0.15, 0.2) is 0 Å². The van der Waals surface area contributed by atoms with Gasteiger partial charge in [0.1, 0.15) is 15.5 Å². The minimum absolute atomic E-state index is 0.366. The monoisotopic (exact) mass is 518 g/mol. The van der Waals surface area contributed by atoms with Crippen LogP contribution in [0.5, 0.6) is 5.75 Å². The molecule has 0 radical (unpaired) electrons. The van der Waals surface area contributed by atoms with Crippen molar-refractivity contribution in [2.24, 2.45) is 5.10 Å². The Morgan fingerprint density at radius 1 is 1.14 bits per heavy atom. The quantitative estimate of drug-likeness (QED) is 0.193. The molecule has 0 spiro atoms. The third-order valence-electron chi connectivity index (χ3n) is 5.33. The zero-order chi connectivity index (χ0) is 24.4. The highest BCUT2D eigenvalue weighted by Gasteiger charge is 2.22. The van der Waals surface area contributed by atoms with Crippen LogP contribution >= 0.6 is 34.3 Å². The second kappa shape index (κ2) is 9.87. The van der Waals surface area contributed by atoms with E-state index < -0.39 is 0 Å². The SMILES string of the molecule is COc1ccc(/C=N/NC(=O)c2sc3nc(-c4ccc(Cl)cc4)cc(-c4cccs4)c3c2N)cc1. The van der Waals surface area contributed by atoms with Gasteiger partial charge in [0.05, 0.1) is 24.7 Å². The first-order chi connectivity index (χ1) is 17.0. The van der Waals surface area contributed by atoms with Crippen molar-refractivity contribution in [2.45, 2.75) is 0 Å². The molecule has 5 aromatic rings. The summed E-state index contributed by atoms with van der Waals surface area (Å²) in [6.07, 6.45) is 1.56. The number of ether oxygens (including phenoxy) is 1. The molecule has 2 aromatic carbocycles. The van der Waals surface area contributed by atoms with Crippen LogP contribution in [-0.4, -0.2) is 24.2 Å². The lowest BCUT2D eigenvalue weighted by Crippen LogP contribution is -2.17. The highest BCUT2D eigenvalue weighted by Crippen LogP contribution is 2.42. The first-order valence-corrected chi connectivity index (χ1v) is 12.6. The number of thiophene rings is 2. The molecule has 1 amide bonds. The third kappa shape index (κ3) is 4.77. The highest BCUT2D eigenvalue weighted by molar-refractivity contribution is 7.21. The van der Waals surface area contributed by atoms with Gasteiger partial charge in [-0.2, -0.15) is 5.10 Å². The molecule has 35 heavy (non-hydrogen) atoms. The van der Waals surface area contributed by atoms with E-state index in [1.54, 1.807) is 24.7 Å². The van der Waals surface area contributed by atoms with Crippen molar-refractivity contribution >= 4 is 62.3 Å². The number of hydrogen-bond donors (Lipinski definition) is 2. The first kappa shape index (κ1) is 23.0. The number of carbonyl (C=O) groups is 1. The molecule has 174 valence electrons. The van der Waals surface area contributed by atoms with E-state index in [1.807, 2.05) is 72.1 Å². The van der Waals surface area contributed by atoms with Crippen LogP contribution in [0.3, 0.4) is 0 Å². The summed E-state index contributed by atoms with van der Waals surface area (Å²) in [6.45, 7) is 0. The lowest BCUT2D eigenvalue weighted by atomic mass is 10.0. The van der Waals surface area contributed by atoms with Gasteiger partial charge in [0, 0.05) is 26.4 Å². The van der Waals surface area contributed by atoms with E-state index in [4.69, 9.17) is 27.1 Å². The number of pyridine rings is 1. The number of carbonyl (C=O) groups excluding carboxylic acids is 1. The van der Waals surface area contributed by atoms with Gasteiger partial charge in [-0.05, 0) is 59.5 Å². The number of anilines is 1. The summed E-state index contributed by atoms with van der Waals surface area (Å²) >= 11 is 8.92. The van der Waals surface area contributed by atoms with Crippen molar-refractivity contribution in [2.75, 3.05) is 12.8 Å². The van der Waals surface area contributed by atoms with Crippen molar-refractivity contribution in [1.29, 1.82) is 0 Å². The van der Waals surface area contributed by atoms with E-state index in [2.05, 4.69) is 10.5 Å². The van der Waals surface area contributed by atoms with Gasteiger partial charge < -0.3 is 10.5 Å². The maximum atomic E-state index is 13.0. The normalized spacial score (nSPS) is 11.3. The Kier molecular flexibility index (Phi) is 6.50. The molecule has 0 saturated heterocycles. The standard InChI is InChI=1S/C26H19ClN4O2S2/c1-33-18-10-4-15(5-11-18)14-29-31-25(32)24-23(28)22-19(21-3-2-12-34-21)13-20(30-26(22)35-24)16-6-8-17(27)9-7-16/h2-14H,28H2,1H3,(H,31,32)/b29-14+. The summed E-state index contributed by atoms with van der Waals surface area (Å²) in [4.78, 5) is 19.9. The Hall–Kier alpha value is -3.72. The maximum Gasteiger partial charge on any atom is 0.283 e. The van der Waals surface area contributed by atoms with Crippen LogP contribution < -0.4 is 15.9 Å². The molecule has 6 nitrogen and oxygen atoms in total. The number of amides is 1. The number of benzene rings is 2. The minimum atomic E-state index is -0.388. The molecule has 0 saturated carbocycles. The largest absolute Gasteiger partial charge is 0.497 e. The number of rotatable bonds is 6. The van der Waals surface area contributed by atoms with E-state index in [9.17, 15) is 4.79 Å². The van der Waals surface area contributed by atoms with E-state index in [-0.39, 0.29) is 5.91 Å². The summed E-state index contributed by atoms with van der Waals surface area (Å²) in [7, 11) is 1.61. The number of nitrogens with one attached hydrogen (secondary N) is 1. The molecule has 0 fully saturated rings. The summed E-state index contributed by atoms with van der Waals surface area (Å²) in [6, 6.07) is 20.9. The zero-order valence-corrected chi connectivity index (χ0v) is 20.9. The number of halogens is 1. The van der Waals surface area contributed by atoms with Crippen molar-refractivity contribution in [3.8, 4) is 27.4 Å². The lowest BCUT2D eigenvalue weighted by Gasteiger charge is -2.07. The first-order valence-electron chi connectivity index (χ1n) is 10.5. The van der Waals surface area contributed by atoms with E-state index >= 15 is 0 Å². The van der Waals surface area contributed by atoms with Crippen LogP contribution in [-0.2, 0) is 0 Å². The minimum Gasteiger partial charge on any atom is -0.497 e. The fourth-order valence-corrected chi connectivity index (χ4v) is 5.48. The van der Waals surface area contributed by atoms with Crippen molar-refractivity contribution < 1.29 is 9.53 Å². The van der Waals surface area contributed by atoms with Crippen LogP contribution in [0.4, 0.5) is 5.69 Å². The highest BCUT2D eigenvalue weighted by atomic mass is 35.5. The number of hydrogen-bond acceptors (Lipinski definition) is 7. The van der Waals surface area contributed by atoms with Crippen LogP contribution in [0.1, 0.15) is 15.2 Å². The van der Waals surface area contributed by atoms with Crippen LogP contribution in [0.25, 0.3) is 31.9 Å². The second-order valence-corrected chi connectivity index (χ2v) is 9.92. The van der Waals surface area contributed by atoms with E-state index in [0.29, 0.717) is 20.4 Å². The van der Waals surface area contributed by atoms with Gasteiger partial charge in [-0.15, -0.1) is 22.7 Å². The van der Waals surface area contributed by atoms with Crippen molar-refractivity contribution in [1.82, 2.24) is 10.4 Å². The molecular formula is C26H19ClN4O2S2. The van der Waals surface area contributed by atoms with Crippen LogP contribution in [0, 0.1) is 0 Å². The number of methoxy groups -OCH3 is 1. The molecule has 0 unspecified atom stereocenters. The summed E-state index contributed by atoms with van der Waals surface area (Å²) < 4.78 is 5.15. The average Bonchev–Trinajstić information content (AvgIpc) is 3.53. The van der Waals surface area contributed by atoms with E-state index in [1.165, 1.54) is 11.3 Å². The molecule has 0 aliphatic heterocycles. The van der Waals surface area contributed by atoms with Gasteiger partial charge in [0.25, 0.3) is 5.91 Å². The number of hydrazone groups is 1. The molecule has 3 N–H and O–H groups in total. The lowest BCUT2D eigenvalue weighted by molar-refractivity contribution is 0.0960. The Morgan fingerprint density at radius 2 is 1.91 bits per heavy atom. The molecule has 3 heterocycles. The van der Waals surface area contributed by atoms with Gasteiger partial charge in [0.2, 0.25) is 0 Å². The molecular weight excluding hydrogens is 500 g/mol. The molecule has 0 atom stereocenters. The number of nitrogen functional groups attached to an aromatic ring is 1. The maximum absolute atomic E-state index is 13.0. The Labute approximate surface area is 214 Å². The number of nitrogens with zero attached hydrogens (tertiary/aromatic N) is 2. The summed E-state index contributed by atoms with van der Waals surface area (Å²) in [5, 5.41) is 7.51. The van der Waals surface area contributed by atoms with Crippen LogP contribution in [0.2, 0.25) is 5.02 Å². The van der Waals surface area contributed by atoms with Crippen LogP contribution in [0.15, 0.2) is 77.2 Å². The molecule has 0 aliphatic carbocycles. The molecule has 0 aliphatic rings. The number of nitrogens with two attached hydrogens (primary N) is 1. The predicted octanol–water partition coefficient (Wildman–Crippen LogP) is 6.70. The Balaban J connectivity index is 1.51. The fraction of sp³-hybridized carbons (Fsp3) is 0.0385. The predicted molar refractivity (Wildman–Crippen MR) is 146 cm³/mol. The van der Waals surface area contributed by atoms with Gasteiger partial charge in [-0.25, -0.2) is 10.4 Å². The second-order valence-electron chi connectivity index (χ2n) is 7.54. The van der Waals surface area contributed by atoms with Gasteiger partial charge >= 0.3 is 0 Å². The van der Waals surface area contributed by atoms with Crippen molar-refractivity contribution in [3.63, 3.8) is 0 Å². The topological polar surface area (TPSA) is 89.6 Å². The molecule has 0 bridgehead atoms. The zero-order valence-electron chi connectivity index (χ0n) is 18.5.